The number of aromatic nitrogens is 1. The van der Waals surface area contributed by atoms with Gasteiger partial charge in [-0.15, -0.1) is 0 Å². The monoisotopic (exact) mass is 300 g/mol. The van der Waals surface area contributed by atoms with E-state index in [1.165, 1.54) is 0 Å². The van der Waals surface area contributed by atoms with Gasteiger partial charge in [-0.05, 0) is 32.9 Å². The van der Waals surface area contributed by atoms with Crippen molar-refractivity contribution in [3.8, 4) is 5.75 Å². The second-order valence-corrected chi connectivity index (χ2v) is 5.24. The van der Waals surface area contributed by atoms with Crippen molar-refractivity contribution < 1.29 is 19.1 Å². The largest absolute Gasteiger partial charge is 0.465 e. The van der Waals surface area contributed by atoms with Crippen LogP contribution in [0.3, 0.4) is 0 Å². The number of aliphatic imine (C=N–C) groups is 1. The molecular weight excluding hydrogens is 284 g/mol. The molecule has 114 valence electrons. The lowest BCUT2D eigenvalue weighted by Crippen LogP contribution is -2.39. The van der Waals surface area contributed by atoms with Gasteiger partial charge in [-0.1, -0.05) is 0 Å². The van der Waals surface area contributed by atoms with Crippen molar-refractivity contribution in [1.29, 1.82) is 0 Å². The van der Waals surface area contributed by atoms with Gasteiger partial charge < -0.3 is 9.47 Å². The molecular formula is C16H16N2O4. The molecule has 22 heavy (non-hydrogen) atoms. The van der Waals surface area contributed by atoms with Crippen LogP contribution in [0.2, 0.25) is 0 Å². The topological polar surface area (TPSA) is 77.8 Å². The van der Waals surface area contributed by atoms with E-state index >= 15 is 0 Å². The second-order valence-electron chi connectivity index (χ2n) is 5.24. The second kappa shape index (κ2) is 5.36. The number of carbonyl (C=O) groups excluding carboxylic acids is 2. The van der Waals surface area contributed by atoms with Crippen LogP contribution in [0.25, 0.3) is 0 Å². The summed E-state index contributed by atoms with van der Waals surface area (Å²) in [5.74, 6) is -1.65. The molecule has 0 spiro atoms. The van der Waals surface area contributed by atoms with Crippen molar-refractivity contribution in [2.45, 2.75) is 26.7 Å². The van der Waals surface area contributed by atoms with Crippen LogP contribution in [0.5, 0.6) is 5.75 Å². The standard InChI is InChI=1S/C16H16N2O4/c1-4-21-15(19)11-8(2)18-9(3)12-13(11)14-10(22-16(12)20)6-5-7-17-14/h5-7,11,13H,4H2,1-3H3. The van der Waals surface area contributed by atoms with Gasteiger partial charge in [-0.25, -0.2) is 4.79 Å². The van der Waals surface area contributed by atoms with Crippen LogP contribution in [0.1, 0.15) is 32.4 Å². The van der Waals surface area contributed by atoms with E-state index in [1.807, 2.05) is 0 Å². The van der Waals surface area contributed by atoms with Crippen molar-refractivity contribution in [3.63, 3.8) is 0 Å². The lowest BCUT2D eigenvalue weighted by Gasteiger charge is -2.34. The highest BCUT2D eigenvalue weighted by atomic mass is 16.5. The normalized spacial score (nSPS) is 23.2. The number of carbonyl (C=O) groups is 2. The summed E-state index contributed by atoms with van der Waals surface area (Å²) < 4.78 is 10.5. The predicted molar refractivity (Wildman–Crippen MR) is 78.5 cm³/mol. The summed E-state index contributed by atoms with van der Waals surface area (Å²) in [6, 6.07) is 3.37. The Morgan fingerprint density at radius 1 is 1.41 bits per heavy atom. The van der Waals surface area contributed by atoms with E-state index in [0.29, 0.717) is 28.4 Å². The van der Waals surface area contributed by atoms with Crippen LogP contribution in [0, 0.1) is 5.92 Å². The lowest BCUT2D eigenvalue weighted by molar-refractivity contribution is -0.146. The first kappa shape index (κ1) is 14.4. The minimum absolute atomic E-state index is 0.271. The summed E-state index contributed by atoms with van der Waals surface area (Å²) in [5.41, 5.74) is 2.14. The van der Waals surface area contributed by atoms with E-state index in [-0.39, 0.29) is 6.61 Å². The van der Waals surface area contributed by atoms with Crippen LogP contribution in [0.15, 0.2) is 34.6 Å². The van der Waals surface area contributed by atoms with Gasteiger partial charge in [0, 0.05) is 17.6 Å². The first-order valence-electron chi connectivity index (χ1n) is 7.14. The first-order valence-corrected chi connectivity index (χ1v) is 7.14. The van der Waals surface area contributed by atoms with Crippen LogP contribution in [-0.4, -0.2) is 29.2 Å². The zero-order valence-corrected chi connectivity index (χ0v) is 12.6. The van der Waals surface area contributed by atoms with Gasteiger partial charge in [0.15, 0.2) is 5.75 Å². The average Bonchev–Trinajstić information content (AvgIpc) is 2.46. The Morgan fingerprint density at radius 3 is 2.91 bits per heavy atom. The molecule has 6 heteroatoms. The molecule has 6 nitrogen and oxygen atoms in total. The van der Waals surface area contributed by atoms with Crippen LogP contribution in [0.4, 0.5) is 0 Å². The fourth-order valence-corrected chi connectivity index (χ4v) is 3.01. The van der Waals surface area contributed by atoms with Crippen LogP contribution in [-0.2, 0) is 14.3 Å². The molecule has 1 aromatic heterocycles. The molecule has 2 unspecified atom stereocenters. The average molecular weight is 300 g/mol. The number of esters is 2. The van der Waals surface area contributed by atoms with Gasteiger partial charge in [0.05, 0.1) is 23.8 Å². The first-order chi connectivity index (χ1) is 10.5. The van der Waals surface area contributed by atoms with Gasteiger partial charge >= 0.3 is 11.9 Å². The fourth-order valence-electron chi connectivity index (χ4n) is 3.01. The van der Waals surface area contributed by atoms with Crippen LogP contribution >= 0.6 is 0 Å². The van der Waals surface area contributed by atoms with Gasteiger partial charge in [0.25, 0.3) is 0 Å². The summed E-state index contributed by atoms with van der Waals surface area (Å²) in [6.07, 6.45) is 1.62. The van der Waals surface area contributed by atoms with Crippen molar-refractivity contribution in [3.05, 3.63) is 35.3 Å². The Bertz CT molecular complexity index is 721. The number of ether oxygens (including phenoxy) is 2. The summed E-state index contributed by atoms with van der Waals surface area (Å²) in [6.45, 7) is 5.52. The molecule has 2 aliphatic rings. The maximum atomic E-state index is 12.4. The van der Waals surface area contributed by atoms with E-state index in [2.05, 4.69) is 9.98 Å². The molecule has 0 amide bonds. The Labute approximate surface area is 127 Å². The highest BCUT2D eigenvalue weighted by molar-refractivity contribution is 6.08. The summed E-state index contributed by atoms with van der Waals surface area (Å²) in [5, 5.41) is 0. The molecule has 3 heterocycles. The van der Waals surface area contributed by atoms with Gasteiger partial charge in [0.2, 0.25) is 0 Å². The maximum Gasteiger partial charge on any atom is 0.342 e. The summed E-state index contributed by atoms with van der Waals surface area (Å²) in [7, 11) is 0. The lowest BCUT2D eigenvalue weighted by atomic mass is 9.76. The Hall–Kier alpha value is -2.50. The molecule has 0 aromatic carbocycles. The highest BCUT2D eigenvalue weighted by Gasteiger charge is 2.46. The molecule has 2 atom stereocenters. The highest BCUT2D eigenvalue weighted by Crippen LogP contribution is 2.45. The van der Waals surface area contributed by atoms with Crippen molar-refractivity contribution in [1.82, 2.24) is 4.98 Å². The van der Waals surface area contributed by atoms with Crippen molar-refractivity contribution >= 4 is 17.7 Å². The van der Waals surface area contributed by atoms with E-state index in [1.54, 1.807) is 39.1 Å². The molecule has 0 radical (unpaired) electrons. The number of fused-ring (bicyclic) bond motifs is 3. The van der Waals surface area contributed by atoms with Gasteiger partial charge in [0.1, 0.15) is 5.92 Å². The Balaban J connectivity index is 2.19. The molecule has 1 aromatic rings. The maximum absolute atomic E-state index is 12.4. The minimum atomic E-state index is -0.653. The molecule has 0 bridgehead atoms. The predicted octanol–water partition coefficient (Wildman–Crippen LogP) is 2.01. The zero-order valence-electron chi connectivity index (χ0n) is 12.6. The van der Waals surface area contributed by atoms with Gasteiger partial charge in [-0.2, -0.15) is 0 Å². The zero-order chi connectivity index (χ0) is 15.9. The van der Waals surface area contributed by atoms with Crippen molar-refractivity contribution in [2.24, 2.45) is 10.9 Å². The molecule has 0 N–H and O–H groups in total. The SMILES string of the molecule is CCOC(=O)C1C(C)=NC(C)=C2C(=O)Oc3cccnc3C21. The summed E-state index contributed by atoms with van der Waals surface area (Å²) in [4.78, 5) is 33.4. The molecule has 2 aliphatic heterocycles. The minimum Gasteiger partial charge on any atom is -0.465 e. The van der Waals surface area contributed by atoms with Gasteiger partial charge in [-0.3, -0.25) is 14.8 Å². The molecule has 0 aliphatic carbocycles. The number of rotatable bonds is 2. The third-order valence-corrected chi connectivity index (χ3v) is 3.89. The summed E-state index contributed by atoms with van der Waals surface area (Å²) >= 11 is 0. The van der Waals surface area contributed by atoms with E-state index in [9.17, 15) is 9.59 Å². The van der Waals surface area contributed by atoms with E-state index in [0.717, 1.165) is 0 Å². The number of hydrogen-bond acceptors (Lipinski definition) is 6. The van der Waals surface area contributed by atoms with Crippen molar-refractivity contribution in [2.75, 3.05) is 6.61 Å². The van der Waals surface area contributed by atoms with E-state index in [4.69, 9.17) is 9.47 Å². The fraction of sp³-hybridized carbons (Fsp3) is 0.375. The molecule has 3 rings (SSSR count). The number of allylic oxidation sites excluding steroid dienone is 1. The molecule has 0 saturated heterocycles. The Morgan fingerprint density at radius 2 is 2.18 bits per heavy atom. The smallest absolute Gasteiger partial charge is 0.342 e. The third kappa shape index (κ3) is 2.11. The Kier molecular flexibility index (Phi) is 3.52. The van der Waals surface area contributed by atoms with E-state index < -0.39 is 23.8 Å². The third-order valence-electron chi connectivity index (χ3n) is 3.89. The molecule has 0 saturated carbocycles. The van der Waals surface area contributed by atoms with Crippen LogP contribution < -0.4 is 4.74 Å². The number of pyridine rings is 1. The number of nitrogens with zero attached hydrogens (tertiary/aromatic N) is 2. The molecule has 0 fully saturated rings. The quantitative estimate of drug-likeness (QED) is 0.781. The number of hydrogen-bond donors (Lipinski definition) is 0.